The van der Waals surface area contributed by atoms with Crippen LogP contribution in [0.15, 0.2) is 36.7 Å². The number of carbonyl (C=O) groups is 1. The molecule has 2 aromatic rings. The fourth-order valence-electron chi connectivity index (χ4n) is 2.01. The SMILES string of the molecule is Cc1ccc([C@H](C)NC(=O)c2ccncc2Cl)cc1[N+](=O)[O-]. The van der Waals surface area contributed by atoms with Crippen molar-refractivity contribution in [3.05, 3.63) is 68.5 Å². The Morgan fingerprint density at radius 2 is 2.14 bits per heavy atom. The summed E-state index contributed by atoms with van der Waals surface area (Å²) in [4.78, 5) is 26.5. The van der Waals surface area contributed by atoms with E-state index in [1.807, 2.05) is 0 Å². The van der Waals surface area contributed by atoms with Gasteiger partial charge in [-0.05, 0) is 25.5 Å². The Hall–Kier alpha value is -2.47. The minimum atomic E-state index is -0.437. The number of halogens is 1. The number of rotatable bonds is 4. The molecule has 0 radical (unpaired) electrons. The summed E-state index contributed by atoms with van der Waals surface area (Å²) >= 11 is 5.92. The summed E-state index contributed by atoms with van der Waals surface area (Å²) in [6, 6.07) is 6.00. The smallest absolute Gasteiger partial charge is 0.272 e. The molecule has 7 heteroatoms. The minimum Gasteiger partial charge on any atom is -0.345 e. The molecule has 1 aromatic heterocycles. The Balaban J connectivity index is 2.21. The highest BCUT2D eigenvalue weighted by Gasteiger charge is 2.17. The zero-order valence-corrected chi connectivity index (χ0v) is 12.8. The molecule has 0 saturated carbocycles. The lowest BCUT2D eigenvalue weighted by atomic mass is 10.0. The van der Waals surface area contributed by atoms with E-state index < -0.39 is 11.0 Å². The molecule has 0 aliphatic carbocycles. The summed E-state index contributed by atoms with van der Waals surface area (Å²) in [5, 5.41) is 14.0. The molecule has 114 valence electrons. The van der Waals surface area contributed by atoms with Crippen LogP contribution in [0.4, 0.5) is 5.69 Å². The number of nitrogens with one attached hydrogen (secondary N) is 1. The van der Waals surface area contributed by atoms with Crippen molar-refractivity contribution < 1.29 is 9.72 Å². The Morgan fingerprint density at radius 1 is 1.41 bits per heavy atom. The van der Waals surface area contributed by atoms with Crippen molar-refractivity contribution in [2.45, 2.75) is 19.9 Å². The van der Waals surface area contributed by atoms with E-state index in [-0.39, 0.29) is 16.6 Å². The molecule has 0 aliphatic rings. The second-order valence-corrected chi connectivity index (χ2v) is 5.26. The van der Waals surface area contributed by atoms with Gasteiger partial charge in [0.1, 0.15) is 0 Å². The van der Waals surface area contributed by atoms with Crippen molar-refractivity contribution in [2.24, 2.45) is 0 Å². The Morgan fingerprint density at radius 3 is 2.77 bits per heavy atom. The first-order valence-electron chi connectivity index (χ1n) is 6.55. The third-order valence-electron chi connectivity index (χ3n) is 3.29. The van der Waals surface area contributed by atoms with Gasteiger partial charge in [-0.3, -0.25) is 19.9 Å². The minimum absolute atomic E-state index is 0.0283. The monoisotopic (exact) mass is 319 g/mol. The van der Waals surface area contributed by atoms with Gasteiger partial charge < -0.3 is 5.32 Å². The summed E-state index contributed by atoms with van der Waals surface area (Å²) in [5.74, 6) is -0.358. The molecule has 1 N–H and O–H groups in total. The number of nitrogens with zero attached hydrogens (tertiary/aromatic N) is 2. The maximum Gasteiger partial charge on any atom is 0.272 e. The second-order valence-electron chi connectivity index (χ2n) is 4.85. The largest absolute Gasteiger partial charge is 0.345 e. The van der Waals surface area contributed by atoms with Crippen LogP contribution in [-0.2, 0) is 0 Å². The van der Waals surface area contributed by atoms with Gasteiger partial charge in [0.25, 0.3) is 11.6 Å². The van der Waals surface area contributed by atoms with Gasteiger partial charge in [-0.2, -0.15) is 0 Å². The van der Waals surface area contributed by atoms with Crippen molar-refractivity contribution in [3.63, 3.8) is 0 Å². The molecule has 0 aliphatic heterocycles. The summed E-state index contributed by atoms with van der Waals surface area (Å²) in [7, 11) is 0. The van der Waals surface area contributed by atoms with E-state index in [1.165, 1.54) is 24.5 Å². The lowest BCUT2D eigenvalue weighted by Gasteiger charge is -2.15. The van der Waals surface area contributed by atoms with E-state index in [0.29, 0.717) is 16.7 Å². The predicted molar refractivity (Wildman–Crippen MR) is 83.0 cm³/mol. The van der Waals surface area contributed by atoms with Crippen LogP contribution in [0.2, 0.25) is 5.02 Å². The number of hydrogen-bond acceptors (Lipinski definition) is 4. The van der Waals surface area contributed by atoms with Gasteiger partial charge in [0, 0.05) is 24.0 Å². The van der Waals surface area contributed by atoms with Crippen LogP contribution >= 0.6 is 11.6 Å². The molecule has 1 amide bonds. The molecule has 2 rings (SSSR count). The van der Waals surface area contributed by atoms with Gasteiger partial charge in [0.05, 0.1) is 21.6 Å². The molecule has 0 fully saturated rings. The first-order chi connectivity index (χ1) is 10.4. The molecule has 0 spiro atoms. The van der Waals surface area contributed by atoms with Crippen molar-refractivity contribution in [1.82, 2.24) is 10.3 Å². The van der Waals surface area contributed by atoms with E-state index in [4.69, 9.17) is 11.6 Å². The lowest BCUT2D eigenvalue weighted by Crippen LogP contribution is -2.27. The van der Waals surface area contributed by atoms with Gasteiger partial charge in [0.15, 0.2) is 0 Å². The van der Waals surface area contributed by atoms with Crippen LogP contribution in [0, 0.1) is 17.0 Å². The second kappa shape index (κ2) is 6.53. The molecule has 1 atom stereocenters. The van der Waals surface area contributed by atoms with Gasteiger partial charge in [-0.1, -0.05) is 23.7 Å². The lowest BCUT2D eigenvalue weighted by molar-refractivity contribution is -0.385. The normalized spacial score (nSPS) is 11.8. The molecule has 0 unspecified atom stereocenters. The molecular formula is C15H14ClN3O3. The molecule has 1 heterocycles. The van der Waals surface area contributed by atoms with E-state index >= 15 is 0 Å². The van der Waals surface area contributed by atoms with Crippen LogP contribution in [0.5, 0.6) is 0 Å². The highest BCUT2D eigenvalue weighted by atomic mass is 35.5. The number of carbonyl (C=O) groups excluding carboxylic acids is 1. The number of aryl methyl sites for hydroxylation is 1. The van der Waals surface area contributed by atoms with E-state index in [0.717, 1.165) is 0 Å². The van der Waals surface area contributed by atoms with E-state index in [1.54, 1.807) is 26.0 Å². The van der Waals surface area contributed by atoms with E-state index in [9.17, 15) is 14.9 Å². The fourth-order valence-corrected chi connectivity index (χ4v) is 2.21. The first-order valence-corrected chi connectivity index (χ1v) is 6.93. The van der Waals surface area contributed by atoms with Gasteiger partial charge in [-0.25, -0.2) is 0 Å². The van der Waals surface area contributed by atoms with Crippen LogP contribution in [0.1, 0.15) is 34.5 Å². The highest BCUT2D eigenvalue weighted by molar-refractivity contribution is 6.33. The van der Waals surface area contributed by atoms with Gasteiger partial charge in [0.2, 0.25) is 0 Å². The summed E-state index contributed by atoms with van der Waals surface area (Å²) in [6.07, 6.45) is 2.86. The molecule has 0 bridgehead atoms. The van der Waals surface area contributed by atoms with Crippen molar-refractivity contribution in [3.8, 4) is 0 Å². The topological polar surface area (TPSA) is 85.1 Å². The zero-order valence-electron chi connectivity index (χ0n) is 12.0. The number of hydrogen-bond donors (Lipinski definition) is 1. The van der Waals surface area contributed by atoms with E-state index in [2.05, 4.69) is 10.3 Å². The molecule has 0 saturated heterocycles. The zero-order chi connectivity index (χ0) is 16.3. The molecule has 22 heavy (non-hydrogen) atoms. The summed E-state index contributed by atoms with van der Waals surface area (Å²) in [5.41, 5.74) is 1.56. The standard InChI is InChI=1S/C15H14ClN3O3/c1-9-3-4-11(7-14(9)19(21)22)10(2)18-15(20)12-5-6-17-8-13(12)16/h3-8,10H,1-2H3,(H,18,20)/t10-/m0/s1. The van der Waals surface area contributed by atoms with Crippen LogP contribution in [0.25, 0.3) is 0 Å². The molecule has 1 aromatic carbocycles. The Labute approximate surface area is 132 Å². The number of amides is 1. The average Bonchev–Trinajstić information content (AvgIpc) is 2.47. The molecule has 6 nitrogen and oxygen atoms in total. The number of aromatic nitrogens is 1. The first kappa shape index (κ1) is 15.9. The van der Waals surface area contributed by atoms with Crippen molar-refractivity contribution in [1.29, 1.82) is 0 Å². The third-order valence-corrected chi connectivity index (χ3v) is 3.60. The maximum absolute atomic E-state index is 12.2. The number of benzene rings is 1. The molecular weight excluding hydrogens is 306 g/mol. The summed E-state index contributed by atoms with van der Waals surface area (Å²) < 4.78 is 0. The van der Waals surface area contributed by atoms with Crippen molar-refractivity contribution >= 4 is 23.2 Å². The van der Waals surface area contributed by atoms with Gasteiger partial charge >= 0.3 is 0 Å². The average molecular weight is 320 g/mol. The van der Waals surface area contributed by atoms with Crippen LogP contribution in [-0.4, -0.2) is 15.8 Å². The fraction of sp³-hybridized carbons (Fsp3) is 0.200. The number of nitro groups is 1. The Bertz CT molecular complexity index is 734. The number of pyridine rings is 1. The Kier molecular flexibility index (Phi) is 4.72. The van der Waals surface area contributed by atoms with Gasteiger partial charge in [-0.15, -0.1) is 0 Å². The highest BCUT2D eigenvalue weighted by Crippen LogP contribution is 2.23. The van der Waals surface area contributed by atoms with Crippen LogP contribution < -0.4 is 5.32 Å². The summed E-state index contributed by atoms with van der Waals surface area (Å²) in [6.45, 7) is 3.42. The van der Waals surface area contributed by atoms with Crippen LogP contribution in [0.3, 0.4) is 0 Å². The third kappa shape index (κ3) is 3.40. The van der Waals surface area contributed by atoms with Crippen molar-refractivity contribution in [2.75, 3.05) is 0 Å². The quantitative estimate of drug-likeness (QED) is 0.691. The predicted octanol–water partition coefficient (Wildman–Crippen LogP) is 3.44. The number of nitro benzene ring substituents is 1. The maximum atomic E-state index is 12.2.